The summed E-state index contributed by atoms with van der Waals surface area (Å²) in [5.74, 6) is 0. The molecule has 0 saturated heterocycles. The Morgan fingerprint density at radius 3 is 2.72 bits per heavy atom. The van der Waals surface area contributed by atoms with Gasteiger partial charge in [-0.3, -0.25) is 0 Å². The number of hydrazine groups is 1. The maximum atomic E-state index is 5.16. The molecule has 0 aliphatic heterocycles. The lowest BCUT2D eigenvalue weighted by molar-refractivity contribution is -0.499. The van der Waals surface area contributed by atoms with E-state index in [0.717, 1.165) is 5.69 Å². The van der Waals surface area contributed by atoms with Gasteiger partial charge < -0.3 is 5.32 Å². The van der Waals surface area contributed by atoms with Crippen molar-refractivity contribution in [1.82, 2.24) is 5.43 Å². The Hall–Kier alpha value is -1.72. The molecule has 2 aromatic rings. The highest BCUT2D eigenvalue weighted by atomic mass is 32.1. The van der Waals surface area contributed by atoms with E-state index in [4.69, 9.17) is 12.2 Å². The van der Waals surface area contributed by atoms with Gasteiger partial charge in [-0.1, -0.05) is 18.2 Å². The van der Waals surface area contributed by atoms with Crippen molar-refractivity contribution < 1.29 is 5.10 Å². The van der Waals surface area contributed by atoms with Crippen molar-refractivity contribution in [3.63, 3.8) is 0 Å². The molecule has 0 aliphatic rings. The molecular weight excluding hydrogens is 262 g/mol. The number of rotatable bonds is 3. The Labute approximate surface area is 116 Å². The number of hydrogen-bond acceptors (Lipinski definition) is 2. The van der Waals surface area contributed by atoms with Gasteiger partial charge in [0.1, 0.15) is 0 Å². The molecule has 0 unspecified atom stereocenters. The first-order chi connectivity index (χ1) is 8.75. The Bertz CT molecular complexity index is 546. The summed E-state index contributed by atoms with van der Waals surface area (Å²) in [7, 11) is 0. The van der Waals surface area contributed by atoms with Gasteiger partial charge in [-0.05, 0) is 48.3 Å². The van der Waals surface area contributed by atoms with Crippen LogP contribution in [0.15, 0.2) is 41.8 Å². The molecule has 0 atom stereocenters. The quantitative estimate of drug-likeness (QED) is 0.451. The van der Waals surface area contributed by atoms with E-state index in [0.29, 0.717) is 5.11 Å². The lowest BCUT2D eigenvalue weighted by Crippen LogP contribution is -2.82. The average Bonchev–Trinajstić information content (AvgIpc) is 2.76. The zero-order valence-electron chi connectivity index (χ0n) is 9.94. The molecule has 3 nitrogen and oxygen atoms in total. The van der Waals surface area contributed by atoms with Gasteiger partial charge in [0.15, 0.2) is 0 Å². The molecule has 5 heteroatoms. The number of thiophene rings is 1. The zero-order valence-corrected chi connectivity index (χ0v) is 11.6. The predicted molar refractivity (Wildman–Crippen MR) is 81.0 cm³/mol. The first-order valence-corrected chi connectivity index (χ1v) is 6.79. The summed E-state index contributed by atoms with van der Waals surface area (Å²) in [6.07, 6.45) is 1.90. The number of aryl methyl sites for hydroxylation is 1. The van der Waals surface area contributed by atoms with Gasteiger partial charge in [0.05, 0.1) is 4.88 Å². The fourth-order valence-corrected chi connectivity index (χ4v) is 2.36. The van der Waals surface area contributed by atoms with Gasteiger partial charge in [-0.2, -0.15) is 0 Å². The van der Waals surface area contributed by atoms with Gasteiger partial charge in [0, 0.05) is 5.69 Å². The summed E-state index contributed by atoms with van der Waals surface area (Å²) >= 11 is 6.85. The first kappa shape index (κ1) is 12.7. The van der Waals surface area contributed by atoms with Gasteiger partial charge in [-0.15, -0.1) is 21.9 Å². The SMILES string of the molecule is Cc1ccsc1C=[NH+]NC(=S)Nc1ccccc1. The van der Waals surface area contributed by atoms with Crippen molar-refractivity contribution in [2.45, 2.75) is 6.92 Å². The normalized spacial score (nSPS) is 10.5. The van der Waals surface area contributed by atoms with Crippen molar-refractivity contribution in [1.29, 1.82) is 0 Å². The fraction of sp³-hybridized carbons (Fsp3) is 0.0769. The van der Waals surface area contributed by atoms with Crippen LogP contribution < -0.4 is 15.8 Å². The molecule has 0 amide bonds. The number of anilines is 1. The average molecular weight is 276 g/mol. The Balaban J connectivity index is 1.86. The summed E-state index contributed by atoms with van der Waals surface area (Å²) < 4.78 is 0. The van der Waals surface area contributed by atoms with Crippen LogP contribution >= 0.6 is 23.6 Å². The molecule has 0 fully saturated rings. The summed E-state index contributed by atoms with van der Waals surface area (Å²) in [5, 5.41) is 8.65. The van der Waals surface area contributed by atoms with E-state index >= 15 is 0 Å². The molecule has 0 saturated carbocycles. The van der Waals surface area contributed by atoms with E-state index in [2.05, 4.69) is 34.2 Å². The largest absolute Gasteiger partial charge is 0.328 e. The van der Waals surface area contributed by atoms with Crippen LogP contribution in [-0.2, 0) is 0 Å². The van der Waals surface area contributed by atoms with E-state index in [9.17, 15) is 0 Å². The third-order valence-electron chi connectivity index (χ3n) is 2.32. The van der Waals surface area contributed by atoms with Crippen LogP contribution in [-0.4, -0.2) is 11.3 Å². The highest BCUT2D eigenvalue weighted by Gasteiger charge is 2.00. The molecule has 0 aliphatic carbocycles. The smallest absolute Gasteiger partial charge is 0.228 e. The molecule has 0 radical (unpaired) electrons. The zero-order chi connectivity index (χ0) is 12.8. The molecule has 2 rings (SSSR count). The topological polar surface area (TPSA) is 38.0 Å². The third-order valence-corrected chi connectivity index (χ3v) is 3.49. The van der Waals surface area contributed by atoms with E-state index in [1.54, 1.807) is 11.3 Å². The second-order valence-corrected chi connectivity index (χ2v) is 5.06. The number of hydrazone groups is 1. The standard InChI is InChI=1S/C13H13N3S2/c1-10-7-8-18-12(10)9-14-16-13(17)15-11-5-3-2-4-6-11/h2-9H,1H3,(H2,15,16,17)/p+1. The van der Waals surface area contributed by atoms with Gasteiger partial charge in [0.25, 0.3) is 0 Å². The summed E-state index contributed by atoms with van der Waals surface area (Å²) in [6.45, 7) is 2.07. The Morgan fingerprint density at radius 1 is 1.28 bits per heavy atom. The summed E-state index contributed by atoms with van der Waals surface area (Å²) in [4.78, 5) is 1.19. The van der Waals surface area contributed by atoms with Crippen molar-refractivity contribution in [2.75, 3.05) is 5.32 Å². The number of para-hydroxylation sites is 1. The minimum atomic E-state index is 0.534. The second-order valence-electron chi connectivity index (χ2n) is 3.70. The number of benzene rings is 1. The second kappa shape index (κ2) is 6.28. The van der Waals surface area contributed by atoms with Crippen molar-refractivity contribution in [2.24, 2.45) is 0 Å². The Morgan fingerprint density at radius 2 is 2.06 bits per heavy atom. The first-order valence-electron chi connectivity index (χ1n) is 5.50. The van der Waals surface area contributed by atoms with Crippen LogP contribution in [0.25, 0.3) is 0 Å². The molecule has 1 heterocycles. The lowest BCUT2D eigenvalue weighted by atomic mass is 10.3. The maximum absolute atomic E-state index is 5.16. The lowest BCUT2D eigenvalue weighted by Gasteiger charge is -2.03. The molecule has 1 aromatic carbocycles. The van der Waals surface area contributed by atoms with Crippen molar-refractivity contribution in [3.05, 3.63) is 52.2 Å². The molecule has 92 valence electrons. The van der Waals surface area contributed by atoms with E-state index in [1.807, 2.05) is 36.5 Å². The number of hydrogen-bond donors (Lipinski definition) is 3. The maximum Gasteiger partial charge on any atom is 0.228 e. The third kappa shape index (κ3) is 3.65. The number of thiocarbonyl (C=S) groups is 1. The van der Waals surface area contributed by atoms with Crippen molar-refractivity contribution >= 4 is 40.6 Å². The minimum Gasteiger partial charge on any atom is -0.328 e. The van der Waals surface area contributed by atoms with Gasteiger partial charge in [-0.25, -0.2) is 0 Å². The van der Waals surface area contributed by atoms with Crippen LogP contribution in [0, 0.1) is 6.92 Å². The van der Waals surface area contributed by atoms with Crippen LogP contribution in [0.2, 0.25) is 0 Å². The van der Waals surface area contributed by atoms with Crippen molar-refractivity contribution in [3.8, 4) is 0 Å². The van der Waals surface area contributed by atoms with Crippen LogP contribution in [0.3, 0.4) is 0 Å². The summed E-state index contributed by atoms with van der Waals surface area (Å²) in [6, 6.07) is 11.9. The van der Waals surface area contributed by atoms with E-state index < -0.39 is 0 Å². The number of nitrogens with one attached hydrogen (secondary N) is 3. The predicted octanol–water partition coefficient (Wildman–Crippen LogP) is 1.46. The van der Waals surface area contributed by atoms with Crippen LogP contribution in [0.1, 0.15) is 10.4 Å². The van der Waals surface area contributed by atoms with Crippen LogP contribution in [0.5, 0.6) is 0 Å². The van der Waals surface area contributed by atoms with E-state index in [1.165, 1.54) is 10.4 Å². The minimum absolute atomic E-state index is 0.534. The Kier molecular flexibility index (Phi) is 4.44. The molecule has 18 heavy (non-hydrogen) atoms. The monoisotopic (exact) mass is 276 g/mol. The van der Waals surface area contributed by atoms with Gasteiger partial charge in [0.2, 0.25) is 11.3 Å². The highest BCUT2D eigenvalue weighted by Crippen LogP contribution is 2.10. The van der Waals surface area contributed by atoms with Gasteiger partial charge >= 0.3 is 0 Å². The van der Waals surface area contributed by atoms with Crippen LogP contribution in [0.4, 0.5) is 5.69 Å². The molecule has 0 spiro atoms. The highest BCUT2D eigenvalue weighted by molar-refractivity contribution is 7.80. The molecular formula is C13H14N3S2+. The summed E-state index contributed by atoms with van der Waals surface area (Å²) in [5.41, 5.74) is 5.13. The molecule has 1 aromatic heterocycles. The molecule has 3 N–H and O–H groups in total. The van der Waals surface area contributed by atoms with E-state index in [-0.39, 0.29) is 0 Å². The molecule has 0 bridgehead atoms. The fourth-order valence-electron chi connectivity index (χ4n) is 1.38.